The molecule has 0 unspecified atom stereocenters. The molecule has 114 valence electrons. The van der Waals surface area contributed by atoms with Crippen LogP contribution in [0, 0.1) is 0 Å². The molecule has 0 bridgehead atoms. The Morgan fingerprint density at radius 2 is 1.80 bits per heavy atom. The molecule has 0 spiro atoms. The predicted molar refractivity (Wildman–Crippen MR) is 68.1 cm³/mol. The van der Waals surface area contributed by atoms with Crippen molar-refractivity contribution in [3.05, 3.63) is 0 Å². The Morgan fingerprint density at radius 3 is 2.25 bits per heavy atom. The summed E-state index contributed by atoms with van der Waals surface area (Å²) in [5.41, 5.74) is 0. The highest BCUT2D eigenvalue weighted by Gasteiger charge is 2.22. The lowest BCUT2D eigenvalue weighted by Gasteiger charge is -2.20. The van der Waals surface area contributed by atoms with Gasteiger partial charge in [-0.1, -0.05) is 0 Å². The lowest BCUT2D eigenvalue weighted by Crippen LogP contribution is -2.48. The van der Waals surface area contributed by atoms with Crippen LogP contribution in [0.15, 0.2) is 0 Å². The van der Waals surface area contributed by atoms with Gasteiger partial charge < -0.3 is 25.7 Å². The van der Waals surface area contributed by atoms with Crippen LogP contribution in [0.2, 0.25) is 0 Å². The van der Waals surface area contributed by atoms with E-state index in [0.717, 1.165) is 4.90 Å². The lowest BCUT2D eigenvalue weighted by atomic mass is 10.1. The quantitative estimate of drug-likeness (QED) is 0.456. The summed E-state index contributed by atoms with van der Waals surface area (Å²) in [5.74, 6) is -2.67. The maximum atomic E-state index is 11.7. The number of likely N-dealkylation sites (N-methyl/N-ethyl adjacent to an activating group) is 2. The molecule has 0 aliphatic carbocycles. The molecule has 0 fully saturated rings. The molecule has 0 aliphatic heterocycles. The van der Waals surface area contributed by atoms with Gasteiger partial charge >= 0.3 is 18.0 Å². The number of rotatable bonds is 8. The zero-order valence-electron chi connectivity index (χ0n) is 11.4. The van der Waals surface area contributed by atoms with Gasteiger partial charge in [0.2, 0.25) is 5.91 Å². The Morgan fingerprint density at radius 1 is 1.20 bits per heavy atom. The van der Waals surface area contributed by atoms with Gasteiger partial charge in [0.05, 0.1) is 0 Å². The monoisotopic (exact) mass is 289 g/mol. The van der Waals surface area contributed by atoms with Gasteiger partial charge in [0, 0.05) is 20.5 Å². The zero-order valence-corrected chi connectivity index (χ0v) is 11.4. The summed E-state index contributed by atoms with van der Waals surface area (Å²) in [6.07, 6.45) is -0.0410. The summed E-state index contributed by atoms with van der Waals surface area (Å²) >= 11 is 0. The van der Waals surface area contributed by atoms with Crippen molar-refractivity contribution in [3.8, 4) is 0 Å². The number of carboxylic acids is 2. The zero-order chi connectivity index (χ0) is 15.7. The maximum absolute atomic E-state index is 11.7. The Bertz CT molecular complexity index is 384. The van der Waals surface area contributed by atoms with Gasteiger partial charge in [-0.25, -0.2) is 9.59 Å². The molecule has 9 nitrogen and oxygen atoms in total. The number of carboxylic acid groups (broad SMARTS) is 2. The van der Waals surface area contributed by atoms with Crippen LogP contribution < -0.4 is 10.6 Å². The van der Waals surface area contributed by atoms with E-state index in [1.807, 2.05) is 0 Å². The Balaban J connectivity index is 4.36. The van der Waals surface area contributed by atoms with Crippen molar-refractivity contribution >= 4 is 23.9 Å². The summed E-state index contributed by atoms with van der Waals surface area (Å²) in [6.45, 7) is -0.205. The van der Waals surface area contributed by atoms with Crippen molar-refractivity contribution in [3.63, 3.8) is 0 Å². The fraction of sp³-hybridized carbons (Fsp3) is 0.636. The first-order chi connectivity index (χ1) is 9.27. The molecule has 20 heavy (non-hydrogen) atoms. The third-order valence-electron chi connectivity index (χ3n) is 2.49. The van der Waals surface area contributed by atoms with E-state index in [-0.39, 0.29) is 31.7 Å². The SMILES string of the molecule is CNC(=O)CN(C)C(=O)N[C@H](CCCC(=O)O)C(=O)O. The standard InChI is InChI=1S/C11H19N3O6/c1-12-8(15)6-14(2)11(20)13-7(10(18)19)4-3-5-9(16)17/h7H,3-6H2,1-2H3,(H,12,15)(H,13,20)(H,16,17)(H,18,19)/t7-/m1/s1. The minimum atomic E-state index is -1.25. The average Bonchev–Trinajstić information content (AvgIpc) is 2.36. The second kappa shape index (κ2) is 8.73. The van der Waals surface area contributed by atoms with E-state index in [9.17, 15) is 19.2 Å². The molecular formula is C11H19N3O6. The van der Waals surface area contributed by atoms with Crippen molar-refractivity contribution in [2.75, 3.05) is 20.6 Å². The minimum absolute atomic E-state index is 0.00118. The van der Waals surface area contributed by atoms with Crippen LogP contribution in [-0.4, -0.2) is 65.7 Å². The van der Waals surface area contributed by atoms with Gasteiger partial charge in [0.1, 0.15) is 12.6 Å². The van der Waals surface area contributed by atoms with E-state index >= 15 is 0 Å². The van der Waals surface area contributed by atoms with Gasteiger partial charge in [-0.3, -0.25) is 9.59 Å². The number of urea groups is 1. The van der Waals surface area contributed by atoms with Crippen LogP contribution in [-0.2, 0) is 14.4 Å². The van der Waals surface area contributed by atoms with Gasteiger partial charge in [0.15, 0.2) is 0 Å². The molecule has 0 saturated carbocycles. The van der Waals surface area contributed by atoms with Crippen molar-refractivity contribution in [1.82, 2.24) is 15.5 Å². The third-order valence-corrected chi connectivity index (χ3v) is 2.49. The topological polar surface area (TPSA) is 136 Å². The maximum Gasteiger partial charge on any atom is 0.326 e. The summed E-state index contributed by atoms with van der Waals surface area (Å²) in [4.78, 5) is 45.1. The molecule has 0 aromatic heterocycles. The third kappa shape index (κ3) is 7.19. The summed E-state index contributed by atoms with van der Waals surface area (Å²) in [7, 11) is 2.76. The fourth-order valence-electron chi connectivity index (χ4n) is 1.34. The van der Waals surface area contributed by atoms with E-state index < -0.39 is 24.0 Å². The first kappa shape index (κ1) is 17.7. The van der Waals surface area contributed by atoms with Crippen molar-refractivity contribution < 1.29 is 29.4 Å². The van der Waals surface area contributed by atoms with E-state index in [1.54, 1.807) is 0 Å². The highest BCUT2D eigenvalue weighted by molar-refractivity contribution is 5.86. The van der Waals surface area contributed by atoms with E-state index in [2.05, 4.69) is 10.6 Å². The summed E-state index contributed by atoms with van der Waals surface area (Å²) in [6, 6.07) is -1.90. The number of nitrogens with one attached hydrogen (secondary N) is 2. The number of carbonyl (C=O) groups is 4. The van der Waals surface area contributed by atoms with E-state index in [4.69, 9.17) is 10.2 Å². The summed E-state index contributed by atoms with van der Waals surface area (Å²) in [5, 5.41) is 22.0. The Labute approximate surface area is 115 Å². The second-order valence-electron chi connectivity index (χ2n) is 4.16. The minimum Gasteiger partial charge on any atom is -0.481 e. The van der Waals surface area contributed by atoms with Gasteiger partial charge in [-0.15, -0.1) is 0 Å². The molecule has 3 amide bonds. The van der Waals surface area contributed by atoms with E-state index in [0.29, 0.717) is 0 Å². The molecule has 4 N–H and O–H groups in total. The first-order valence-corrected chi connectivity index (χ1v) is 5.94. The number of nitrogens with zero attached hydrogens (tertiary/aromatic N) is 1. The molecule has 0 radical (unpaired) electrons. The van der Waals surface area contributed by atoms with Crippen molar-refractivity contribution in [1.29, 1.82) is 0 Å². The molecular weight excluding hydrogens is 270 g/mol. The lowest BCUT2D eigenvalue weighted by molar-refractivity contribution is -0.140. The van der Waals surface area contributed by atoms with Crippen molar-refractivity contribution in [2.45, 2.75) is 25.3 Å². The molecule has 0 aliphatic rings. The van der Waals surface area contributed by atoms with Crippen LogP contribution in [0.5, 0.6) is 0 Å². The van der Waals surface area contributed by atoms with E-state index in [1.165, 1.54) is 14.1 Å². The molecule has 0 aromatic carbocycles. The van der Waals surface area contributed by atoms with Gasteiger partial charge in [-0.05, 0) is 12.8 Å². The molecule has 0 saturated heterocycles. The van der Waals surface area contributed by atoms with Gasteiger partial charge in [0.25, 0.3) is 0 Å². The number of aliphatic carboxylic acids is 2. The second-order valence-corrected chi connectivity index (χ2v) is 4.16. The van der Waals surface area contributed by atoms with Crippen LogP contribution in [0.4, 0.5) is 4.79 Å². The van der Waals surface area contributed by atoms with Gasteiger partial charge in [-0.2, -0.15) is 0 Å². The summed E-state index contributed by atoms with van der Waals surface area (Å²) < 4.78 is 0. The Hall–Kier alpha value is -2.32. The van der Waals surface area contributed by atoms with Crippen LogP contribution in [0.25, 0.3) is 0 Å². The first-order valence-electron chi connectivity index (χ1n) is 5.94. The number of amides is 3. The van der Waals surface area contributed by atoms with Crippen LogP contribution >= 0.6 is 0 Å². The number of hydrogen-bond donors (Lipinski definition) is 4. The number of hydrogen-bond acceptors (Lipinski definition) is 4. The highest BCUT2D eigenvalue weighted by Crippen LogP contribution is 2.02. The molecule has 0 aromatic rings. The van der Waals surface area contributed by atoms with Crippen LogP contribution in [0.1, 0.15) is 19.3 Å². The normalized spacial score (nSPS) is 11.3. The highest BCUT2D eigenvalue weighted by atomic mass is 16.4. The molecule has 1 atom stereocenters. The predicted octanol–water partition coefficient (Wildman–Crippen LogP) is -0.918. The molecule has 0 rings (SSSR count). The van der Waals surface area contributed by atoms with Crippen LogP contribution in [0.3, 0.4) is 0 Å². The smallest absolute Gasteiger partial charge is 0.326 e. The van der Waals surface area contributed by atoms with Crippen molar-refractivity contribution in [2.24, 2.45) is 0 Å². The largest absolute Gasteiger partial charge is 0.481 e. The molecule has 9 heteroatoms. The molecule has 0 heterocycles. The number of carbonyl (C=O) groups excluding carboxylic acids is 2. The Kier molecular flexibility index (Phi) is 7.71. The fourth-order valence-corrected chi connectivity index (χ4v) is 1.34. The average molecular weight is 289 g/mol.